The summed E-state index contributed by atoms with van der Waals surface area (Å²) in [6.45, 7) is -0.0868. The molecule has 0 aromatic carbocycles. The maximum atomic E-state index is 12.2. The highest BCUT2D eigenvalue weighted by Gasteiger charge is 2.34. The summed E-state index contributed by atoms with van der Waals surface area (Å²) in [7, 11) is 0. The van der Waals surface area contributed by atoms with Gasteiger partial charge in [0, 0.05) is 22.0 Å². The molecule has 0 spiro atoms. The van der Waals surface area contributed by atoms with E-state index in [4.69, 9.17) is 0 Å². The molecule has 0 saturated carbocycles. The Hall–Kier alpha value is -0.980. The Morgan fingerprint density at radius 2 is 2.46 bits per heavy atom. The predicted molar refractivity (Wildman–Crippen MR) is 42.2 cm³/mol. The van der Waals surface area contributed by atoms with E-state index in [0.717, 1.165) is 0 Å². The quantitative estimate of drug-likeness (QED) is 0.827. The fraction of sp³-hybridized carbons (Fsp3) is 0.333. The molecule has 13 heavy (non-hydrogen) atoms. The average Bonchev–Trinajstić information content (AvgIpc) is 2.50. The molecule has 72 valence electrons. The minimum atomic E-state index is -3.54. The molecule has 0 saturated heterocycles. The number of halogens is 3. The molecule has 0 fully saturated rings. The molecule has 0 aliphatic carbocycles. The van der Waals surface area contributed by atoms with Crippen molar-refractivity contribution in [2.75, 3.05) is 0 Å². The van der Waals surface area contributed by atoms with E-state index in [9.17, 15) is 13.6 Å². The first-order chi connectivity index (χ1) is 6.00. The highest BCUT2D eigenvalue weighted by atomic mass is 79.9. The SMILES string of the molecule is O=C(NCc1ccon1)C(F)(F)Br. The van der Waals surface area contributed by atoms with Gasteiger partial charge in [-0.05, 0) is 0 Å². The van der Waals surface area contributed by atoms with E-state index in [1.165, 1.54) is 12.3 Å². The number of carbonyl (C=O) groups excluding carboxylic acids is 1. The molecule has 0 unspecified atom stereocenters. The van der Waals surface area contributed by atoms with Crippen LogP contribution in [0.4, 0.5) is 8.78 Å². The minimum Gasteiger partial charge on any atom is -0.364 e. The van der Waals surface area contributed by atoms with Gasteiger partial charge in [0.2, 0.25) is 0 Å². The third-order valence-corrected chi connectivity index (χ3v) is 1.54. The Morgan fingerprint density at radius 3 is 2.92 bits per heavy atom. The van der Waals surface area contributed by atoms with E-state index in [1.54, 1.807) is 0 Å². The second-order valence-electron chi connectivity index (χ2n) is 2.17. The van der Waals surface area contributed by atoms with Crippen LogP contribution >= 0.6 is 15.9 Å². The lowest BCUT2D eigenvalue weighted by molar-refractivity contribution is -0.134. The molecular formula is C6H5BrF2N2O2. The van der Waals surface area contributed by atoms with Gasteiger partial charge in [0.25, 0.3) is 0 Å². The summed E-state index contributed by atoms with van der Waals surface area (Å²) in [4.78, 5) is 7.05. The lowest BCUT2D eigenvalue weighted by atomic mass is 10.4. The Balaban J connectivity index is 2.40. The Kier molecular flexibility index (Phi) is 2.97. The summed E-state index contributed by atoms with van der Waals surface area (Å²) in [5.41, 5.74) is 0.380. The van der Waals surface area contributed by atoms with Crippen molar-refractivity contribution < 1.29 is 18.1 Å². The van der Waals surface area contributed by atoms with E-state index in [1.807, 2.05) is 21.2 Å². The molecule has 1 aromatic heterocycles. The smallest absolute Gasteiger partial charge is 0.364 e. The van der Waals surface area contributed by atoms with E-state index in [-0.39, 0.29) is 6.54 Å². The van der Waals surface area contributed by atoms with Crippen molar-refractivity contribution in [1.29, 1.82) is 0 Å². The minimum absolute atomic E-state index is 0.0868. The highest BCUT2D eigenvalue weighted by Crippen LogP contribution is 2.21. The van der Waals surface area contributed by atoms with E-state index in [0.29, 0.717) is 5.69 Å². The monoisotopic (exact) mass is 254 g/mol. The van der Waals surface area contributed by atoms with Crippen LogP contribution in [0.3, 0.4) is 0 Å². The summed E-state index contributed by atoms with van der Waals surface area (Å²) in [5.74, 6) is -1.41. The van der Waals surface area contributed by atoms with Gasteiger partial charge in [-0.2, -0.15) is 8.78 Å². The fourth-order valence-electron chi connectivity index (χ4n) is 0.600. The van der Waals surface area contributed by atoms with Crippen LogP contribution in [0, 0.1) is 0 Å². The van der Waals surface area contributed by atoms with Crippen LogP contribution in [0.25, 0.3) is 0 Å². The predicted octanol–water partition coefficient (Wildman–Crippen LogP) is 1.28. The lowest BCUT2D eigenvalue weighted by Crippen LogP contribution is -2.35. The van der Waals surface area contributed by atoms with Crippen LogP contribution in [0.2, 0.25) is 0 Å². The van der Waals surface area contributed by atoms with Crippen LogP contribution in [0.1, 0.15) is 5.69 Å². The second-order valence-corrected chi connectivity index (χ2v) is 3.17. The lowest BCUT2D eigenvalue weighted by Gasteiger charge is -2.07. The summed E-state index contributed by atoms with van der Waals surface area (Å²) in [6, 6.07) is 1.46. The van der Waals surface area contributed by atoms with Crippen LogP contribution in [-0.2, 0) is 11.3 Å². The zero-order chi connectivity index (χ0) is 9.90. The van der Waals surface area contributed by atoms with Crippen molar-refractivity contribution in [2.45, 2.75) is 11.4 Å². The first-order valence-corrected chi connectivity index (χ1v) is 4.04. The molecule has 1 aromatic rings. The fourth-order valence-corrected chi connectivity index (χ4v) is 0.740. The number of amides is 1. The van der Waals surface area contributed by atoms with Gasteiger partial charge in [-0.15, -0.1) is 0 Å². The Morgan fingerprint density at radius 1 is 1.77 bits per heavy atom. The zero-order valence-electron chi connectivity index (χ0n) is 6.26. The summed E-state index contributed by atoms with van der Waals surface area (Å²) >= 11 is 1.92. The molecule has 1 amide bonds. The molecule has 1 N–H and O–H groups in total. The summed E-state index contributed by atoms with van der Waals surface area (Å²) < 4.78 is 28.8. The third-order valence-electron chi connectivity index (χ3n) is 1.18. The molecule has 4 nitrogen and oxygen atoms in total. The van der Waals surface area contributed by atoms with E-state index in [2.05, 4.69) is 9.68 Å². The zero-order valence-corrected chi connectivity index (χ0v) is 7.85. The van der Waals surface area contributed by atoms with Crippen molar-refractivity contribution in [3.8, 4) is 0 Å². The number of nitrogens with zero attached hydrogens (tertiary/aromatic N) is 1. The average molecular weight is 255 g/mol. The van der Waals surface area contributed by atoms with E-state index < -0.39 is 10.7 Å². The maximum Gasteiger partial charge on any atom is 0.377 e. The number of carbonyl (C=O) groups is 1. The first kappa shape index (κ1) is 10.1. The maximum absolute atomic E-state index is 12.2. The standard InChI is InChI=1S/C6H5BrF2N2O2/c7-6(8,9)5(12)10-3-4-1-2-13-11-4/h1-2H,3H2,(H,10,12). The Labute approximate surface area is 80.4 Å². The van der Waals surface area contributed by atoms with Gasteiger partial charge in [0.05, 0.1) is 6.54 Å². The molecule has 0 bridgehead atoms. The van der Waals surface area contributed by atoms with Crippen molar-refractivity contribution >= 4 is 21.8 Å². The number of rotatable bonds is 3. The first-order valence-electron chi connectivity index (χ1n) is 3.24. The molecule has 1 rings (SSSR count). The van der Waals surface area contributed by atoms with Crippen molar-refractivity contribution in [3.63, 3.8) is 0 Å². The van der Waals surface area contributed by atoms with Gasteiger partial charge in [-0.1, -0.05) is 5.16 Å². The van der Waals surface area contributed by atoms with Crippen LogP contribution < -0.4 is 5.32 Å². The molecule has 0 atom stereocenters. The van der Waals surface area contributed by atoms with Crippen molar-refractivity contribution in [1.82, 2.24) is 10.5 Å². The normalized spacial score (nSPS) is 11.3. The van der Waals surface area contributed by atoms with Crippen molar-refractivity contribution in [3.05, 3.63) is 18.0 Å². The van der Waals surface area contributed by atoms with E-state index >= 15 is 0 Å². The van der Waals surface area contributed by atoms with Crippen LogP contribution in [-0.4, -0.2) is 15.9 Å². The number of aromatic nitrogens is 1. The Bertz CT molecular complexity index is 283. The molecule has 1 heterocycles. The molecule has 0 radical (unpaired) electrons. The largest absolute Gasteiger partial charge is 0.377 e. The molecule has 7 heteroatoms. The molecule has 0 aliphatic heterocycles. The van der Waals surface area contributed by atoms with Gasteiger partial charge in [-0.3, -0.25) is 4.79 Å². The highest BCUT2D eigenvalue weighted by molar-refractivity contribution is 9.10. The van der Waals surface area contributed by atoms with Gasteiger partial charge in [-0.25, -0.2) is 0 Å². The van der Waals surface area contributed by atoms with Gasteiger partial charge in [0.1, 0.15) is 12.0 Å². The number of hydrogen-bond acceptors (Lipinski definition) is 3. The number of alkyl halides is 3. The van der Waals surface area contributed by atoms with Gasteiger partial charge < -0.3 is 9.84 Å². The summed E-state index contributed by atoms with van der Waals surface area (Å²) in [6.07, 6.45) is 1.29. The summed E-state index contributed by atoms with van der Waals surface area (Å²) in [5, 5.41) is 5.39. The van der Waals surface area contributed by atoms with Crippen LogP contribution in [0.15, 0.2) is 16.9 Å². The third kappa shape index (κ3) is 3.10. The van der Waals surface area contributed by atoms with Crippen molar-refractivity contribution in [2.24, 2.45) is 0 Å². The molecular weight excluding hydrogens is 250 g/mol. The topological polar surface area (TPSA) is 55.1 Å². The van der Waals surface area contributed by atoms with Gasteiger partial charge in [0.15, 0.2) is 0 Å². The van der Waals surface area contributed by atoms with Gasteiger partial charge >= 0.3 is 10.7 Å². The second kappa shape index (κ2) is 3.82. The number of hydrogen-bond donors (Lipinski definition) is 1. The number of nitrogens with one attached hydrogen (secondary N) is 1. The van der Waals surface area contributed by atoms with Crippen LogP contribution in [0.5, 0.6) is 0 Å². The molecule has 0 aliphatic rings.